The molecule has 2 aromatic carbocycles. The van der Waals surface area contributed by atoms with Crippen molar-refractivity contribution in [1.29, 1.82) is 0 Å². The van der Waals surface area contributed by atoms with Crippen molar-refractivity contribution in [3.63, 3.8) is 0 Å². The Balaban J connectivity index is 1.83. The van der Waals surface area contributed by atoms with Gasteiger partial charge in [0.15, 0.2) is 11.5 Å². The molecule has 2 aliphatic rings. The van der Waals surface area contributed by atoms with Crippen molar-refractivity contribution >= 4 is 29.0 Å². The highest BCUT2D eigenvalue weighted by atomic mass is 32.2. The Morgan fingerprint density at radius 1 is 1.17 bits per heavy atom. The number of nitro benzene ring substituents is 1. The van der Waals surface area contributed by atoms with Crippen LogP contribution < -0.4 is 14.4 Å². The van der Waals surface area contributed by atoms with Crippen LogP contribution >= 0.6 is 11.8 Å². The van der Waals surface area contributed by atoms with Crippen molar-refractivity contribution in [3.8, 4) is 11.5 Å². The third-order valence-corrected chi connectivity index (χ3v) is 5.08. The van der Waals surface area contributed by atoms with Crippen molar-refractivity contribution < 1.29 is 19.2 Å². The monoisotopic (exact) mass is 344 g/mol. The van der Waals surface area contributed by atoms with Gasteiger partial charge in [0.2, 0.25) is 12.7 Å². The normalized spacial score (nSPS) is 18.9. The zero-order valence-electron chi connectivity index (χ0n) is 12.4. The average Bonchev–Trinajstić information content (AvgIpc) is 3.20. The molecule has 4 rings (SSSR count). The summed E-state index contributed by atoms with van der Waals surface area (Å²) in [5.41, 5.74) is 1.07. The van der Waals surface area contributed by atoms with E-state index in [0.717, 1.165) is 0 Å². The molecule has 0 saturated carbocycles. The summed E-state index contributed by atoms with van der Waals surface area (Å²) in [4.78, 5) is 25.0. The van der Waals surface area contributed by atoms with Crippen LogP contribution in [0.3, 0.4) is 0 Å². The molecule has 0 aromatic heterocycles. The molecule has 24 heavy (non-hydrogen) atoms. The van der Waals surface area contributed by atoms with Crippen LogP contribution in [0.5, 0.6) is 11.5 Å². The second-order valence-corrected chi connectivity index (χ2v) is 6.35. The lowest BCUT2D eigenvalue weighted by atomic mass is 10.1. The van der Waals surface area contributed by atoms with Gasteiger partial charge >= 0.3 is 0 Å². The van der Waals surface area contributed by atoms with E-state index < -0.39 is 10.3 Å². The number of thioether (sulfide) groups is 1. The van der Waals surface area contributed by atoms with Crippen LogP contribution in [0.2, 0.25) is 0 Å². The van der Waals surface area contributed by atoms with Gasteiger partial charge in [-0.25, -0.2) is 0 Å². The van der Waals surface area contributed by atoms with Crippen molar-refractivity contribution in [2.24, 2.45) is 0 Å². The Bertz CT molecular complexity index is 827. The Labute approximate surface area is 141 Å². The molecular formula is C16H12N2O5S. The molecule has 0 radical (unpaired) electrons. The highest BCUT2D eigenvalue weighted by Gasteiger charge is 2.39. The Hall–Kier alpha value is -2.74. The number of anilines is 1. The fraction of sp³-hybridized carbons (Fsp3) is 0.188. The van der Waals surface area contributed by atoms with Crippen molar-refractivity contribution in [3.05, 3.63) is 58.1 Å². The maximum Gasteiger partial charge on any atom is 0.279 e. The van der Waals surface area contributed by atoms with Gasteiger partial charge in [-0.1, -0.05) is 18.2 Å². The van der Waals surface area contributed by atoms with Crippen LogP contribution in [-0.2, 0) is 4.79 Å². The van der Waals surface area contributed by atoms with Gasteiger partial charge in [-0.2, -0.15) is 0 Å². The van der Waals surface area contributed by atoms with Crippen LogP contribution in [0.15, 0.2) is 42.5 Å². The SMILES string of the molecule is O=C1CS[C@@H](c2cc3c(cc2[N+](=O)[O-])OCO3)N1c1ccccc1. The predicted molar refractivity (Wildman–Crippen MR) is 88.3 cm³/mol. The molecule has 8 heteroatoms. The number of carbonyl (C=O) groups excluding carboxylic acids is 1. The quantitative estimate of drug-likeness (QED) is 0.628. The van der Waals surface area contributed by atoms with Crippen LogP contribution in [-0.4, -0.2) is 23.4 Å². The predicted octanol–water partition coefficient (Wildman–Crippen LogP) is 3.10. The molecule has 1 atom stereocenters. The fourth-order valence-corrected chi connectivity index (χ4v) is 4.02. The molecule has 1 fully saturated rings. The minimum atomic E-state index is -0.477. The molecule has 2 aliphatic heterocycles. The number of hydrogen-bond acceptors (Lipinski definition) is 6. The highest BCUT2D eigenvalue weighted by molar-refractivity contribution is 8.00. The Kier molecular flexibility index (Phi) is 3.53. The van der Waals surface area contributed by atoms with E-state index in [-0.39, 0.29) is 24.1 Å². The summed E-state index contributed by atoms with van der Waals surface area (Å²) in [5.74, 6) is 1.00. The van der Waals surface area contributed by atoms with Crippen molar-refractivity contribution in [2.75, 3.05) is 17.4 Å². The first-order valence-corrected chi connectivity index (χ1v) is 8.26. The number of amides is 1. The van der Waals surface area contributed by atoms with Crippen LogP contribution in [0.4, 0.5) is 11.4 Å². The molecule has 0 N–H and O–H groups in total. The van der Waals surface area contributed by atoms with Crippen molar-refractivity contribution in [1.82, 2.24) is 0 Å². The molecule has 0 spiro atoms. The van der Waals surface area contributed by atoms with Crippen molar-refractivity contribution in [2.45, 2.75) is 5.37 Å². The summed E-state index contributed by atoms with van der Waals surface area (Å²) in [6.45, 7) is 0.0368. The number of fused-ring (bicyclic) bond motifs is 1. The number of rotatable bonds is 3. The lowest BCUT2D eigenvalue weighted by Crippen LogP contribution is -2.28. The number of para-hydroxylation sites is 1. The molecule has 0 bridgehead atoms. The van der Waals surface area contributed by atoms with Crippen LogP contribution in [0, 0.1) is 10.1 Å². The number of ether oxygens (including phenoxy) is 2. The molecule has 7 nitrogen and oxygen atoms in total. The lowest BCUT2D eigenvalue weighted by Gasteiger charge is -2.24. The summed E-state index contributed by atoms with van der Waals surface area (Å²) in [7, 11) is 0. The van der Waals surface area contributed by atoms with E-state index in [4.69, 9.17) is 9.47 Å². The minimum Gasteiger partial charge on any atom is -0.454 e. The minimum absolute atomic E-state index is 0.0368. The second kappa shape index (κ2) is 5.72. The van der Waals surface area contributed by atoms with E-state index in [1.807, 2.05) is 30.3 Å². The van der Waals surface area contributed by atoms with Crippen LogP contribution in [0.25, 0.3) is 0 Å². The van der Waals surface area contributed by atoms with Gasteiger partial charge in [-0.3, -0.25) is 19.8 Å². The summed E-state index contributed by atoms with van der Waals surface area (Å²) in [5, 5.41) is 11.0. The first kappa shape index (κ1) is 14.8. The zero-order chi connectivity index (χ0) is 16.7. The first-order chi connectivity index (χ1) is 11.6. The van der Waals surface area contributed by atoms with E-state index in [1.165, 1.54) is 17.8 Å². The first-order valence-electron chi connectivity index (χ1n) is 7.22. The van der Waals surface area contributed by atoms with Gasteiger partial charge in [0.1, 0.15) is 5.37 Å². The molecule has 2 aromatic rings. The van der Waals surface area contributed by atoms with Gasteiger partial charge < -0.3 is 9.47 Å². The third kappa shape index (κ3) is 2.35. The maximum absolute atomic E-state index is 12.4. The van der Waals surface area contributed by atoms with E-state index in [1.54, 1.807) is 11.0 Å². The Morgan fingerprint density at radius 3 is 2.58 bits per heavy atom. The molecule has 1 amide bonds. The summed E-state index contributed by atoms with van der Waals surface area (Å²) in [6.07, 6.45) is 0. The highest BCUT2D eigenvalue weighted by Crippen LogP contribution is 2.48. The number of nitrogens with zero attached hydrogens (tertiary/aromatic N) is 2. The number of carbonyl (C=O) groups is 1. The fourth-order valence-electron chi connectivity index (χ4n) is 2.82. The van der Waals surface area contributed by atoms with Gasteiger partial charge in [0.05, 0.1) is 22.3 Å². The van der Waals surface area contributed by atoms with E-state index >= 15 is 0 Å². The molecule has 0 unspecified atom stereocenters. The molecule has 1 saturated heterocycles. The zero-order valence-corrected chi connectivity index (χ0v) is 13.2. The topological polar surface area (TPSA) is 81.9 Å². The average molecular weight is 344 g/mol. The molecular weight excluding hydrogens is 332 g/mol. The number of benzene rings is 2. The standard InChI is InChI=1S/C16H12N2O5S/c19-15-8-24-16(17(15)10-4-2-1-3-5-10)11-6-13-14(23-9-22-13)7-12(11)18(20)21/h1-7,16H,8-9H2/t16-/m0/s1. The van der Waals surface area contributed by atoms with E-state index in [9.17, 15) is 14.9 Å². The maximum atomic E-state index is 12.4. The molecule has 2 heterocycles. The molecule has 0 aliphatic carbocycles. The smallest absolute Gasteiger partial charge is 0.279 e. The van der Waals surface area contributed by atoms with Crippen LogP contribution in [0.1, 0.15) is 10.9 Å². The Morgan fingerprint density at radius 2 is 1.88 bits per heavy atom. The summed E-state index contributed by atoms with van der Waals surface area (Å²) in [6, 6.07) is 12.1. The van der Waals surface area contributed by atoms with Gasteiger partial charge in [0, 0.05) is 5.69 Å². The van der Waals surface area contributed by atoms with Gasteiger partial charge in [-0.05, 0) is 18.2 Å². The van der Waals surface area contributed by atoms with E-state index in [2.05, 4.69) is 0 Å². The van der Waals surface area contributed by atoms with Gasteiger partial charge in [0.25, 0.3) is 5.69 Å². The summed E-state index contributed by atoms with van der Waals surface area (Å²) >= 11 is 1.36. The summed E-state index contributed by atoms with van der Waals surface area (Å²) < 4.78 is 10.6. The number of hydrogen-bond donors (Lipinski definition) is 0. The third-order valence-electron chi connectivity index (χ3n) is 3.89. The van der Waals surface area contributed by atoms with E-state index in [0.29, 0.717) is 22.7 Å². The lowest BCUT2D eigenvalue weighted by molar-refractivity contribution is -0.385. The van der Waals surface area contributed by atoms with Gasteiger partial charge in [-0.15, -0.1) is 11.8 Å². The second-order valence-electron chi connectivity index (χ2n) is 5.28. The molecule has 122 valence electrons. The largest absolute Gasteiger partial charge is 0.454 e. The number of nitro groups is 1.